The number of benzene rings is 1. The van der Waals surface area contributed by atoms with Crippen molar-refractivity contribution >= 4 is 46.6 Å². The highest BCUT2D eigenvalue weighted by Gasteiger charge is 2.53. The molecule has 4 heterocycles. The van der Waals surface area contributed by atoms with E-state index in [-0.39, 0.29) is 198 Å². The molecule has 10 atom stereocenters. The number of aliphatic hydroxyl groups is 2. The summed E-state index contributed by atoms with van der Waals surface area (Å²) in [5, 5.41) is 61.3. The number of hydrogen-bond acceptors (Lipinski definition) is 29. The van der Waals surface area contributed by atoms with Crippen molar-refractivity contribution < 1.29 is 125 Å². The molecule has 0 aliphatic carbocycles. The summed E-state index contributed by atoms with van der Waals surface area (Å²) in [7, 11) is 0. The van der Waals surface area contributed by atoms with Crippen LogP contribution in [0.25, 0.3) is 0 Å². The van der Waals surface area contributed by atoms with Crippen LogP contribution in [-0.4, -0.2) is 306 Å². The first-order valence-electron chi connectivity index (χ1n) is 32.7. The van der Waals surface area contributed by atoms with Gasteiger partial charge in [0.15, 0.2) is 11.6 Å². The zero-order chi connectivity index (χ0) is 70.4. The summed E-state index contributed by atoms with van der Waals surface area (Å²) >= 11 is 0. The molecule has 1 aromatic rings. The lowest BCUT2D eigenvalue weighted by atomic mass is 9.97. The van der Waals surface area contributed by atoms with Gasteiger partial charge in [-0.3, -0.25) is 44.2 Å². The summed E-state index contributed by atoms with van der Waals surface area (Å²) in [4.78, 5) is 82.9. The molecular weight excluding hydrogens is 1290 g/mol. The minimum atomic E-state index is -1.42. The second-order valence-electron chi connectivity index (χ2n) is 23.7. The molecule has 0 spiro atoms. The van der Waals surface area contributed by atoms with E-state index in [2.05, 4.69) is 31.9 Å². The Hall–Kier alpha value is -5.59. The normalized spacial score (nSPS) is 22.5. The molecule has 0 aromatic heterocycles. The fourth-order valence-corrected chi connectivity index (χ4v) is 10.5. The Morgan fingerprint density at radius 3 is 1.28 bits per heavy atom. The lowest BCUT2D eigenvalue weighted by Gasteiger charge is -2.37. The zero-order valence-corrected chi connectivity index (χ0v) is 56.4. The van der Waals surface area contributed by atoms with Gasteiger partial charge in [-0.25, -0.2) is 0 Å². The molecule has 4 aliphatic rings. The van der Waals surface area contributed by atoms with E-state index in [9.17, 15) is 54.4 Å². The maximum absolute atomic E-state index is 13.1. The zero-order valence-electron chi connectivity index (χ0n) is 56.4. The van der Waals surface area contributed by atoms with Crippen LogP contribution in [0.1, 0.15) is 67.2 Å². The number of carbonyl (C=O) groups is 5. The quantitative estimate of drug-likeness (QED) is 0.0219. The number of hydrogen-bond donors (Lipinski definition) is 8. The van der Waals surface area contributed by atoms with Gasteiger partial charge in [-0.15, -0.1) is 0 Å². The number of nitrogens with one attached hydrogen (secondary N) is 6. The molecular formula is C61H102N8O28. The summed E-state index contributed by atoms with van der Waals surface area (Å²) in [5.41, 5.74) is -0.764. The molecule has 4 saturated heterocycles. The Morgan fingerprint density at radius 1 is 0.515 bits per heavy atom. The number of nitrogens with zero attached hydrogens (tertiary/aromatic N) is 2. The van der Waals surface area contributed by atoms with E-state index in [1.54, 1.807) is 0 Å². The van der Waals surface area contributed by atoms with E-state index in [0.717, 1.165) is 12.1 Å². The van der Waals surface area contributed by atoms with Crippen LogP contribution in [0, 0.1) is 20.2 Å². The highest BCUT2D eigenvalue weighted by molar-refractivity contribution is 5.78. The van der Waals surface area contributed by atoms with Crippen molar-refractivity contribution in [3.63, 3.8) is 0 Å². The number of non-ortho nitro benzene ring substituents is 1. The summed E-state index contributed by atoms with van der Waals surface area (Å²) in [6, 6.07) is 1.31. The molecule has 4 fully saturated rings. The SMILES string of the molecule is CC(=O)N[C@@H]1CO[C@H](COCCOCCOCCOCCNC(=O)CCC(O)C(NC(=O)COCCOCCOCCNc2ccc([N+](=O)[O-])cc2[N+](=O)[O-])C(O)CCC(=O)NCCOCCOCCOCCOC[C@H]2OC[C@@H](NC(C)=O)[C@H]3OC(C)(C)O[C@H]32)[C@@H]2OC(C)(C)O[C@@H]21. The lowest BCUT2D eigenvalue weighted by molar-refractivity contribution is -0.393. The number of ether oxygens (including phenoxy) is 17. The van der Waals surface area contributed by atoms with Crippen molar-refractivity contribution in [1.29, 1.82) is 0 Å². The van der Waals surface area contributed by atoms with Crippen LogP contribution in [0.15, 0.2) is 18.2 Å². The fourth-order valence-electron chi connectivity index (χ4n) is 10.5. The van der Waals surface area contributed by atoms with Gasteiger partial charge in [-0.1, -0.05) is 0 Å². The third-order valence-corrected chi connectivity index (χ3v) is 15.0. The second-order valence-corrected chi connectivity index (χ2v) is 23.7. The van der Waals surface area contributed by atoms with Gasteiger partial charge in [0.2, 0.25) is 29.5 Å². The van der Waals surface area contributed by atoms with Crippen LogP contribution in [-0.2, 0) is 104 Å². The molecule has 0 saturated carbocycles. The molecule has 554 valence electrons. The van der Waals surface area contributed by atoms with Crippen molar-refractivity contribution in [2.45, 2.75) is 146 Å². The Bertz CT molecular complexity index is 2400. The standard InChI is InChI=1S/C61H102N8O28/c1-41(70)65-45-36-92-50(58-56(45)94-60(3,4)96-58)38-89-32-29-87-27-25-84-22-20-82-17-14-63-52(74)11-9-48(72)55(67-54(76)40-91-34-31-86-24-19-81-16-13-62-44-8-7-43(68(77)78)35-47(44)69(79)80)49(73)10-12-53(75)64-15-18-83-21-23-85-26-28-88-30-33-90-39-51-59-57(95-61(5,6)97-59)46(37-93-51)66-42(2)71/h7-8,35,45-46,48-51,55-59,62,72-73H,9-34,36-40H2,1-6H3,(H,63,74)(H,64,75)(H,65,70)(H,66,71)(H,67,76)/t45-,46-,48?,49?,50-,51-,55?,56-,57-,58+,59+/m1/s1. The van der Waals surface area contributed by atoms with Gasteiger partial charge in [-0.05, 0) is 46.6 Å². The first-order chi connectivity index (χ1) is 46.5. The predicted molar refractivity (Wildman–Crippen MR) is 338 cm³/mol. The van der Waals surface area contributed by atoms with E-state index in [0.29, 0.717) is 52.9 Å². The van der Waals surface area contributed by atoms with E-state index in [1.165, 1.54) is 19.9 Å². The van der Waals surface area contributed by atoms with E-state index in [1.807, 2.05) is 27.7 Å². The van der Waals surface area contributed by atoms with Gasteiger partial charge < -0.3 is 123 Å². The van der Waals surface area contributed by atoms with Crippen molar-refractivity contribution in [3.8, 4) is 0 Å². The third kappa shape index (κ3) is 32.5. The molecule has 2 unspecified atom stereocenters. The highest BCUT2D eigenvalue weighted by atomic mass is 16.8. The number of nitro benzene ring substituents is 2. The summed E-state index contributed by atoms with van der Waals surface area (Å²) in [6.07, 6.45) is -5.79. The smallest absolute Gasteiger partial charge is 0.299 e. The average molecular weight is 1400 g/mol. The predicted octanol–water partition coefficient (Wildman–Crippen LogP) is -1.06. The van der Waals surface area contributed by atoms with Gasteiger partial charge in [0.1, 0.15) is 48.9 Å². The number of carbonyl (C=O) groups excluding carboxylic acids is 5. The van der Waals surface area contributed by atoms with Gasteiger partial charge >= 0.3 is 0 Å². The highest BCUT2D eigenvalue weighted by Crippen LogP contribution is 2.37. The van der Waals surface area contributed by atoms with Crippen LogP contribution in [0.3, 0.4) is 0 Å². The van der Waals surface area contributed by atoms with Crippen molar-refractivity contribution in [3.05, 3.63) is 38.4 Å². The van der Waals surface area contributed by atoms with Gasteiger partial charge in [0.05, 0.1) is 198 Å². The molecule has 97 heavy (non-hydrogen) atoms. The van der Waals surface area contributed by atoms with Crippen LogP contribution < -0.4 is 31.9 Å². The maximum Gasteiger partial charge on any atom is 0.299 e. The Kier molecular flexibility index (Phi) is 38.3. The second kappa shape index (κ2) is 45.2. The number of nitro groups is 2. The molecule has 5 amide bonds. The minimum absolute atomic E-state index is 0.0190. The first-order valence-corrected chi connectivity index (χ1v) is 32.7. The molecule has 5 rings (SSSR count). The molecule has 36 heteroatoms. The maximum atomic E-state index is 13.1. The minimum Gasteiger partial charge on any atom is -0.391 e. The molecule has 0 radical (unpaired) electrons. The average Bonchev–Trinajstić information content (AvgIpc) is 1.65. The van der Waals surface area contributed by atoms with Crippen molar-refractivity contribution in [2.24, 2.45) is 0 Å². The van der Waals surface area contributed by atoms with Gasteiger partial charge in [-0.2, -0.15) is 0 Å². The number of anilines is 1. The largest absolute Gasteiger partial charge is 0.391 e. The third-order valence-electron chi connectivity index (χ3n) is 15.0. The summed E-state index contributed by atoms with van der Waals surface area (Å²) < 4.78 is 97.4. The number of aliphatic hydroxyl groups excluding tert-OH is 2. The van der Waals surface area contributed by atoms with Gasteiger partial charge in [0, 0.05) is 52.4 Å². The lowest BCUT2D eigenvalue weighted by Crippen LogP contribution is -2.58. The van der Waals surface area contributed by atoms with Gasteiger partial charge in [0.25, 0.3) is 11.4 Å². The number of fused-ring (bicyclic) bond motifs is 2. The topological polar surface area (TPSA) is 441 Å². The van der Waals surface area contributed by atoms with Crippen LogP contribution >= 0.6 is 0 Å². The molecule has 36 nitrogen and oxygen atoms in total. The Labute approximate surface area is 563 Å². The van der Waals surface area contributed by atoms with E-state index < -0.39 is 87.6 Å². The molecule has 1 aromatic carbocycles. The van der Waals surface area contributed by atoms with Crippen LogP contribution in [0.4, 0.5) is 17.1 Å². The fraction of sp³-hybridized carbons (Fsp3) is 0.820. The number of amides is 5. The summed E-state index contributed by atoms with van der Waals surface area (Å²) in [6.45, 7) is 15.6. The monoisotopic (exact) mass is 1390 g/mol. The number of rotatable bonds is 53. The molecule has 4 aliphatic heterocycles. The molecule has 0 bridgehead atoms. The van der Waals surface area contributed by atoms with Crippen molar-refractivity contribution in [1.82, 2.24) is 26.6 Å². The van der Waals surface area contributed by atoms with E-state index in [4.69, 9.17) is 80.5 Å². The Morgan fingerprint density at radius 2 is 0.887 bits per heavy atom. The van der Waals surface area contributed by atoms with Crippen LogP contribution in [0.2, 0.25) is 0 Å². The Balaban J connectivity index is 0.898. The molecule has 8 N–H and O–H groups in total. The van der Waals surface area contributed by atoms with Crippen LogP contribution in [0.5, 0.6) is 0 Å². The van der Waals surface area contributed by atoms with E-state index >= 15 is 0 Å². The first kappa shape index (κ1) is 82.1. The van der Waals surface area contributed by atoms with Crippen molar-refractivity contribution in [2.75, 3.05) is 184 Å². The summed E-state index contributed by atoms with van der Waals surface area (Å²) in [5.74, 6) is -3.54.